The Hall–Kier alpha value is -0.770. The quantitative estimate of drug-likeness (QED) is 0.621. The van der Waals surface area contributed by atoms with Gasteiger partial charge >= 0.3 is 0 Å². The Morgan fingerprint density at radius 1 is 1.25 bits per heavy atom. The van der Waals surface area contributed by atoms with Crippen LogP contribution in [0.25, 0.3) is 0 Å². The molecule has 0 bridgehead atoms. The molecule has 0 saturated heterocycles. The Morgan fingerprint density at radius 2 is 2.12 bits per heavy atom. The second-order valence-electron chi connectivity index (χ2n) is 3.09. The normalized spacial score (nSPS) is 10.4. The summed E-state index contributed by atoms with van der Waals surface area (Å²) in [6, 6.07) is 7.74. The van der Waals surface area contributed by atoms with Gasteiger partial charge in [0.2, 0.25) is 0 Å². The Balaban J connectivity index is 2.05. The van der Waals surface area contributed by atoms with Crippen molar-refractivity contribution < 1.29 is 0 Å². The lowest BCUT2D eigenvalue weighted by molar-refractivity contribution is 1.05. The topological polar surface area (TPSA) is 25.8 Å². The maximum Gasteiger partial charge on any atom is 0.118 e. The molecule has 1 heterocycles. The fraction of sp³-hybridized carbons (Fsp3) is 0.0909. The molecule has 0 saturated carbocycles. The molecule has 0 unspecified atom stereocenters. The molecule has 5 heteroatoms. The third kappa shape index (κ3) is 3.11. The molecule has 82 valence electrons. The highest BCUT2D eigenvalue weighted by Crippen LogP contribution is 2.27. The van der Waals surface area contributed by atoms with E-state index in [0.717, 1.165) is 21.4 Å². The highest BCUT2D eigenvalue weighted by molar-refractivity contribution is 7.98. The van der Waals surface area contributed by atoms with Crippen LogP contribution in [-0.2, 0) is 5.75 Å². The van der Waals surface area contributed by atoms with Gasteiger partial charge in [-0.3, -0.25) is 0 Å². The van der Waals surface area contributed by atoms with Crippen LogP contribution in [0, 0.1) is 0 Å². The average Bonchev–Trinajstić information content (AvgIpc) is 2.28. The zero-order valence-electron chi connectivity index (χ0n) is 8.23. The van der Waals surface area contributed by atoms with Crippen molar-refractivity contribution in [2.75, 3.05) is 0 Å². The van der Waals surface area contributed by atoms with Gasteiger partial charge in [-0.05, 0) is 17.7 Å². The second kappa shape index (κ2) is 5.53. The molecule has 2 rings (SSSR count). The van der Waals surface area contributed by atoms with Crippen molar-refractivity contribution in [1.82, 2.24) is 9.97 Å². The van der Waals surface area contributed by atoms with Gasteiger partial charge in [0.15, 0.2) is 0 Å². The minimum atomic E-state index is 0.578. The number of halogens is 2. The lowest BCUT2D eigenvalue weighted by Crippen LogP contribution is -1.85. The Bertz CT molecular complexity index is 491. The van der Waals surface area contributed by atoms with E-state index >= 15 is 0 Å². The highest BCUT2D eigenvalue weighted by Gasteiger charge is 2.02. The number of rotatable bonds is 3. The summed E-state index contributed by atoms with van der Waals surface area (Å²) in [6.07, 6.45) is 3.08. The van der Waals surface area contributed by atoms with E-state index in [1.165, 1.54) is 6.33 Å². The SMILES string of the molecule is Clc1cccc(CSc2ncncc2Cl)c1. The zero-order chi connectivity index (χ0) is 11.4. The summed E-state index contributed by atoms with van der Waals surface area (Å²) >= 11 is 13.4. The van der Waals surface area contributed by atoms with Gasteiger partial charge in [-0.25, -0.2) is 9.97 Å². The van der Waals surface area contributed by atoms with Crippen LogP contribution in [0.5, 0.6) is 0 Å². The van der Waals surface area contributed by atoms with E-state index in [9.17, 15) is 0 Å². The van der Waals surface area contributed by atoms with Gasteiger partial charge in [0.1, 0.15) is 11.4 Å². The molecule has 2 aromatic rings. The van der Waals surface area contributed by atoms with Gasteiger partial charge in [0.05, 0.1) is 11.2 Å². The van der Waals surface area contributed by atoms with Gasteiger partial charge in [-0.1, -0.05) is 35.3 Å². The molecule has 0 N–H and O–H groups in total. The number of thioether (sulfide) groups is 1. The maximum absolute atomic E-state index is 5.95. The third-order valence-corrected chi connectivity index (χ3v) is 3.60. The first-order valence-corrected chi connectivity index (χ1v) is 6.32. The molecule has 0 aliphatic rings. The van der Waals surface area contributed by atoms with Gasteiger partial charge in [-0.15, -0.1) is 11.8 Å². The summed E-state index contributed by atoms with van der Waals surface area (Å²) in [5.74, 6) is 0.789. The summed E-state index contributed by atoms with van der Waals surface area (Å²) in [4.78, 5) is 7.94. The van der Waals surface area contributed by atoms with Crippen LogP contribution >= 0.6 is 35.0 Å². The molecule has 0 aliphatic carbocycles. The minimum Gasteiger partial charge on any atom is -0.243 e. The van der Waals surface area contributed by atoms with E-state index in [2.05, 4.69) is 9.97 Å². The predicted molar refractivity (Wildman–Crippen MR) is 68.1 cm³/mol. The van der Waals surface area contributed by atoms with Crippen LogP contribution in [0.4, 0.5) is 0 Å². The fourth-order valence-corrected chi connectivity index (χ4v) is 2.46. The van der Waals surface area contributed by atoms with Crippen molar-refractivity contribution in [3.8, 4) is 0 Å². The van der Waals surface area contributed by atoms with Crippen LogP contribution in [-0.4, -0.2) is 9.97 Å². The summed E-state index contributed by atoms with van der Waals surface area (Å²) in [6.45, 7) is 0. The molecular weight excluding hydrogens is 263 g/mol. The molecule has 1 aromatic carbocycles. The van der Waals surface area contributed by atoms with E-state index in [4.69, 9.17) is 23.2 Å². The van der Waals surface area contributed by atoms with Crippen LogP contribution < -0.4 is 0 Å². The van der Waals surface area contributed by atoms with Crippen LogP contribution in [0.15, 0.2) is 41.8 Å². The predicted octanol–water partition coefficient (Wildman–Crippen LogP) is 4.08. The Morgan fingerprint density at radius 3 is 2.88 bits per heavy atom. The monoisotopic (exact) mass is 270 g/mol. The number of benzene rings is 1. The van der Waals surface area contributed by atoms with Crippen molar-refractivity contribution in [2.24, 2.45) is 0 Å². The van der Waals surface area contributed by atoms with Crippen LogP contribution in [0.2, 0.25) is 10.0 Å². The van der Waals surface area contributed by atoms with Crippen molar-refractivity contribution in [2.45, 2.75) is 10.8 Å². The number of aromatic nitrogens is 2. The molecule has 0 spiro atoms. The summed E-state index contributed by atoms with van der Waals surface area (Å²) in [5, 5.41) is 2.11. The maximum atomic E-state index is 5.95. The molecule has 0 atom stereocenters. The molecule has 1 aromatic heterocycles. The first kappa shape index (κ1) is 11.7. The van der Waals surface area contributed by atoms with Gasteiger partial charge in [0, 0.05) is 10.8 Å². The van der Waals surface area contributed by atoms with Crippen molar-refractivity contribution in [3.05, 3.63) is 52.4 Å². The first-order valence-electron chi connectivity index (χ1n) is 4.58. The van der Waals surface area contributed by atoms with Crippen LogP contribution in [0.3, 0.4) is 0 Å². The molecular formula is C11H8Cl2N2S. The zero-order valence-corrected chi connectivity index (χ0v) is 10.6. The van der Waals surface area contributed by atoms with Gasteiger partial charge < -0.3 is 0 Å². The molecule has 0 aliphatic heterocycles. The molecule has 16 heavy (non-hydrogen) atoms. The van der Waals surface area contributed by atoms with E-state index in [1.54, 1.807) is 18.0 Å². The molecule has 0 radical (unpaired) electrons. The minimum absolute atomic E-state index is 0.578. The number of hydrogen-bond acceptors (Lipinski definition) is 3. The van der Waals surface area contributed by atoms with Gasteiger partial charge in [-0.2, -0.15) is 0 Å². The van der Waals surface area contributed by atoms with Gasteiger partial charge in [0.25, 0.3) is 0 Å². The standard InChI is InChI=1S/C11H8Cl2N2S/c12-9-3-1-2-8(4-9)6-16-11-10(13)5-14-7-15-11/h1-5,7H,6H2. The average molecular weight is 271 g/mol. The van der Waals surface area contributed by atoms with E-state index in [1.807, 2.05) is 24.3 Å². The molecule has 0 amide bonds. The lowest BCUT2D eigenvalue weighted by Gasteiger charge is -2.02. The Kier molecular flexibility index (Phi) is 4.04. The number of hydrogen-bond donors (Lipinski definition) is 0. The van der Waals surface area contributed by atoms with Crippen molar-refractivity contribution in [1.29, 1.82) is 0 Å². The molecule has 0 fully saturated rings. The second-order valence-corrected chi connectivity index (χ2v) is 4.90. The van der Waals surface area contributed by atoms with E-state index in [0.29, 0.717) is 5.02 Å². The van der Waals surface area contributed by atoms with E-state index < -0.39 is 0 Å². The lowest BCUT2D eigenvalue weighted by atomic mass is 10.2. The van der Waals surface area contributed by atoms with E-state index in [-0.39, 0.29) is 0 Å². The third-order valence-electron chi connectivity index (χ3n) is 1.90. The largest absolute Gasteiger partial charge is 0.243 e. The smallest absolute Gasteiger partial charge is 0.118 e. The van der Waals surface area contributed by atoms with Crippen LogP contribution in [0.1, 0.15) is 5.56 Å². The molecule has 2 nitrogen and oxygen atoms in total. The highest BCUT2D eigenvalue weighted by atomic mass is 35.5. The van der Waals surface area contributed by atoms with Crippen molar-refractivity contribution in [3.63, 3.8) is 0 Å². The summed E-state index contributed by atoms with van der Waals surface area (Å²) in [7, 11) is 0. The summed E-state index contributed by atoms with van der Waals surface area (Å²) in [5.41, 5.74) is 1.15. The number of nitrogens with zero attached hydrogens (tertiary/aromatic N) is 2. The Labute approximate surface area is 108 Å². The van der Waals surface area contributed by atoms with Crippen molar-refractivity contribution >= 4 is 35.0 Å². The fourth-order valence-electron chi connectivity index (χ4n) is 1.19. The first-order chi connectivity index (χ1) is 7.75. The summed E-state index contributed by atoms with van der Waals surface area (Å²) < 4.78 is 0.